The molecule has 0 spiro atoms. The van der Waals surface area contributed by atoms with E-state index in [0.717, 1.165) is 41.7 Å². The second kappa shape index (κ2) is 8.89. The number of aromatic nitrogens is 2. The molecule has 6 nitrogen and oxygen atoms in total. The summed E-state index contributed by atoms with van der Waals surface area (Å²) in [6.07, 6.45) is 2.41. The van der Waals surface area contributed by atoms with Crippen LogP contribution in [0.5, 0.6) is 5.75 Å². The molecular weight excluding hydrogens is 338 g/mol. The van der Waals surface area contributed by atoms with Crippen molar-refractivity contribution in [3.8, 4) is 5.75 Å². The number of nitrogens with zero attached hydrogens (tertiary/aromatic N) is 3. The molecule has 1 aromatic heterocycles. The van der Waals surface area contributed by atoms with E-state index in [4.69, 9.17) is 4.74 Å². The second-order valence-corrected chi connectivity index (χ2v) is 6.34. The molecule has 3 rings (SSSR count). The fourth-order valence-corrected chi connectivity index (χ4v) is 2.75. The molecule has 0 saturated heterocycles. The lowest BCUT2D eigenvalue weighted by molar-refractivity contribution is 0.410. The van der Waals surface area contributed by atoms with E-state index in [1.54, 1.807) is 13.4 Å². The smallest absolute Gasteiger partial charge is 0.135 e. The molecule has 140 valence electrons. The zero-order valence-corrected chi connectivity index (χ0v) is 15.9. The topological polar surface area (TPSA) is 62.3 Å². The maximum absolute atomic E-state index is 5.39. The number of rotatable bonds is 8. The first kappa shape index (κ1) is 18.5. The first-order valence-corrected chi connectivity index (χ1v) is 8.88. The normalized spacial score (nSPS) is 10.3. The highest BCUT2D eigenvalue weighted by Gasteiger charge is 2.03. The van der Waals surface area contributed by atoms with E-state index in [0.29, 0.717) is 0 Å². The summed E-state index contributed by atoms with van der Waals surface area (Å²) in [6, 6.07) is 18.1. The van der Waals surface area contributed by atoms with Gasteiger partial charge >= 0.3 is 0 Å². The molecule has 27 heavy (non-hydrogen) atoms. The third-order valence-electron chi connectivity index (χ3n) is 4.22. The van der Waals surface area contributed by atoms with Crippen LogP contribution < -0.4 is 20.3 Å². The van der Waals surface area contributed by atoms with Crippen molar-refractivity contribution in [1.82, 2.24) is 9.97 Å². The fraction of sp³-hybridized carbons (Fsp3) is 0.238. The van der Waals surface area contributed by atoms with Gasteiger partial charge in [-0.1, -0.05) is 18.2 Å². The first-order chi connectivity index (χ1) is 13.2. The summed E-state index contributed by atoms with van der Waals surface area (Å²) in [5.41, 5.74) is 3.31. The SMILES string of the molecule is COc1ccccc1CCNc1cc(Nc2ccc(N(C)C)cc2)ncn1. The van der Waals surface area contributed by atoms with Crippen molar-refractivity contribution < 1.29 is 4.74 Å². The van der Waals surface area contributed by atoms with Gasteiger partial charge in [-0.05, 0) is 42.3 Å². The standard InChI is InChI=1S/C21H25N5O/c1-26(2)18-10-8-17(9-11-18)25-21-14-20(23-15-24-21)22-13-12-16-6-4-5-7-19(16)27-3/h4-11,14-15H,12-13H2,1-3H3,(H2,22,23,24,25). The quantitative estimate of drug-likeness (QED) is 0.632. The highest BCUT2D eigenvalue weighted by Crippen LogP contribution is 2.20. The molecule has 0 unspecified atom stereocenters. The van der Waals surface area contributed by atoms with Gasteiger partial charge in [-0.2, -0.15) is 0 Å². The Balaban J connectivity index is 1.58. The van der Waals surface area contributed by atoms with Crippen LogP contribution in [0, 0.1) is 0 Å². The molecule has 0 aliphatic carbocycles. The maximum atomic E-state index is 5.39. The minimum absolute atomic E-state index is 0.752. The molecule has 6 heteroatoms. The van der Waals surface area contributed by atoms with Gasteiger partial charge < -0.3 is 20.3 Å². The van der Waals surface area contributed by atoms with Gasteiger partial charge in [-0.15, -0.1) is 0 Å². The van der Waals surface area contributed by atoms with Gasteiger partial charge in [0.2, 0.25) is 0 Å². The van der Waals surface area contributed by atoms with Crippen LogP contribution in [0.4, 0.5) is 23.0 Å². The van der Waals surface area contributed by atoms with Gasteiger partial charge in [0.05, 0.1) is 7.11 Å². The van der Waals surface area contributed by atoms with E-state index in [9.17, 15) is 0 Å². The summed E-state index contributed by atoms with van der Waals surface area (Å²) in [4.78, 5) is 10.7. The number of anilines is 4. The zero-order chi connectivity index (χ0) is 19.1. The van der Waals surface area contributed by atoms with E-state index in [2.05, 4.69) is 43.7 Å². The maximum Gasteiger partial charge on any atom is 0.135 e. The summed E-state index contributed by atoms with van der Waals surface area (Å²) in [5.74, 6) is 2.44. The number of hydrogen-bond acceptors (Lipinski definition) is 6. The fourth-order valence-electron chi connectivity index (χ4n) is 2.75. The van der Waals surface area contributed by atoms with E-state index in [1.165, 1.54) is 5.56 Å². The lowest BCUT2D eigenvalue weighted by Gasteiger charge is -2.13. The van der Waals surface area contributed by atoms with Gasteiger partial charge in [0, 0.05) is 38.1 Å². The number of nitrogens with one attached hydrogen (secondary N) is 2. The Hall–Kier alpha value is -3.28. The molecule has 0 aliphatic rings. The lowest BCUT2D eigenvalue weighted by Crippen LogP contribution is -2.08. The summed E-state index contributed by atoms with van der Waals surface area (Å²) in [7, 11) is 5.74. The Kier molecular flexibility index (Phi) is 6.10. The molecule has 0 fully saturated rings. The Bertz CT molecular complexity index is 864. The van der Waals surface area contributed by atoms with Crippen molar-refractivity contribution in [2.24, 2.45) is 0 Å². The van der Waals surface area contributed by atoms with E-state index < -0.39 is 0 Å². The summed E-state index contributed by atoms with van der Waals surface area (Å²) in [5, 5.41) is 6.65. The molecule has 0 bridgehead atoms. The third kappa shape index (κ3) is 5.10. The van der Waals surface area contributed by atoms with Gasteiger partial charge in [0.25, 0.3) is 0 Å². The predicted octanol–water partition coefficient (Wildman–Crippen LogP) is 3.95. The molecule has 0 aliphatic heterocycles. The number of methoxy groups -OCH3 is 1. The number of para-hydroxylation sites is 1. The molecule has 2 N–H and O–H groups in total. The van der Waals surface area contributed by atoms with Crippen LogP contribution >= 0.6 is 0 Å². The lowest BCUT2D eigenvalue weighted by atomic mass is 10.1. The molecule has 2 aromatic carbocycles. The van der Waals surface area contributed by atoms with Crippen molar-refractivity contribution >= 4 is 23.0 Å². The third-order valence-corrected chi connectivity index (χ3v) is 4.22. The average molecular weight is 363 g/mol. The number of ether oxygens (including phenoxy) is 1. The molecule has 0 amide bonds. The number of benzene rings is 2. The predicted molar refractivity (Wildman–Crippen MR) is 111 cm³/mol. The van der Waals surface area contributed by atoms with Gasteiger partial charge in [0.1, 0.15) is 23.7 Å². The van der Waals surface area contributed by atoms with E-state index in [-0.39, 0.29) is 0 Å². The van der Waals surface area contributed by atoms with E-state index >= 15 is 0 Å². The van der Waals surface area contributed by atoms with Crippen LogP contribution in [-0.2, 0) is 6.42 Å². The second-order valence-electron chi connectivity index (χ2n) is 6.34. The Labute approximate surface area is 160 Å². The first-order valence-electron chi connectivity index (χ1n) is 8.88. The van der Waals surface area contributed by atoms with Crippen molar-refractivity contribution in [2.75, 3.05) is 43.3 Å². The van der Waals surface area contributed by atoms with Gasteiger partial charge in [-0.3, -0.25) is 0 Å². The molecule has 0 atom stereocenters. The Morgan fingerprint density at radius 1 is 0.963 bits per heavy atom. The highest BCUT2D eigenvalue weighted by molar-refractivity contribution is 5.62. The molecule has 0 radical (unpaired) electrons. The summed E-state index contributed by atoms with van der Waals surface area (Å²) >= 11 is 0. The van der Waals surface area contributed by atoms with Gasteiger partial charge in [0.15, 0.2) is 0 Å². The van der Waals surface area contributed by atoms with Crippen LogP contribution in [0.3, 0.4) is 0 Å². The van der Waals surface area contributed by atoms with Crippen LogP contribution in [0.25, 0.3) is 0 Å². The minimum Gasteiger partial charge on any atom is -0.496 e. The van der Waals surface area contributed by atoms with Crippen LogP contribution in [0.2, 0.25) is 0 Å². The summed E-state index contributed by atoms with van der Waals surface area (Å²) < 4.78 is 5.39. The monoisotopic (exact) mass is 363 g/mol. The zero-order valence-electron chi connectivity index (χ0n) is 15.9. The van der Waals surface area contributed by atoms with Gasteiger partial charge in [-0.25, -0.2) is 9.97 Å². The van der Waals surface area contributed by atoms with Crippen molar-refractivity contribution in [1.29, 1.82) is 0 Å². The molecule has 1 heterocycles. The Morgan fingerprint density at radius 2 is 1.70 bits per heavy atom. The number of hydrogen-bond donors (Lipinski definition) is 2. The van der Waals surface area contributed by atoms with Crippen LogP contribution in [-0.4, -0.2) is 37.7 Å². The van der Waals surface area contributed by atoms with Crippen molar-refractivity contribution in [3.05, 3.63) is 66.5 Å². The van der Waals surface area contributed by atoms with Crippen LogP contribution in [0.15, 0.2) is 60.9 Å². The molecule has 3 aromatic rings. The highest BCUT2D eigenvalue weighted by atomic mass is 16.5. The molecule has 0 saturated carbocycles. The minimum atomic E-state index is 0.752. The molecular formula is C21H25N5O. The van der Waals surface area contributed by atoms with E-state index in [1.807, 2.05) is 50.5 Å². The average Bonchev–Trinajstić information content (AvgIpc) is 2.69. The Morgan fingerprint density at radius 3 is 2.44 bits per heavy atom. The van der Waals surface area contributed by atoms with Crippen LogP contribution in [0.1, 0.15) is 5.56 Å². The van der Waals surface area contributed by atoms with Crippen molar-refractivity contribution in [3.63, 3.8) is 0 Å². The largest absolute Gasteiger partial charge is 0.496 e. The summed E-state index contributed by atoms with van der Waals surface area (Å²) in [6.45, 7) is 0.758. The van der Waals surface area contributed by atoms with Crippen molar-refractivity contribution in [2.45, 2.75) is 6.42 Å².